The molecule has 0 fully saturated rings. The predicted molar refractivity (Wildman–Crippen MR) is 76.5 cm³/mol. The number of rotatable bonds is 4. The molecule has 0 aliphatic heterocycles. The summed E-state index contributed by atoms with van der Waals surface area (Å²) >= 11 is 0. The van der Waals surface area contributed by atoms with Gasteiger partial charge in [-0.05, 0) is 19.9 Å². The number of esters is 1. The van der Waals surface area contributed by atoms with Gasteiger partial charge in [-0.15, -0.1) is 0 Å². The molecule has 0 atom stereocenters. The second-order valence-electron chi connectivity index (χ2n) is 4.70. The highest BCUT2D eigenvalue weighted by Crippen LogP contribution is 2.29. The Kier molecular flexibility index (Phi) is 4.86. The Morgan fingerprint density at radius 2 is 2.04 bits per heavy atom. The maximum atomic E-state index is 12.7. The quantitative estimate of drug-likeness (QED) is 0.833. The molecule has 2 rings (SSSR count). The molecule has 2 aromatic heterocycles. The van der Waals surface area contributed by atoms with Gasteiger partial charge in [0, 0.05) is 12.3 Å². The molecule has 0 aliphatic carbocycles. The van der Waals surface area contributed by atoms with Gasteiger partial charge in [0.05, 0.1) is 23.4 Å². The topological polar surface area (TPSA) is 97.0 Å². The summed E-state index contributed by atoms with van der Waals surface area (Å²) < 4.78 is 42.9. The van der Waals surface area contributed by atoms with Crippen LogP contribution in [0.25, 0.3) is 0 Å². The number of hydrogen-bond acceptors (Lipinski definition) is 5. The molecule has 10 heteroatoms. The second kappa shape index (κ2) is 6.69. The van der Waals surface area contributed by atoms with E-state index in [9.17, 15) is 22.8 Å². The minimum Gasteiger partial charge on any atom is -0.461 e. The number of pyridine rings is 1. The van der Waals surface area contributed by atoms with Crippen molar-refractivity contribution >= 4 is 17.7 Å². The monoisotopic (exact) mass is 342 g/mol. The van der Waals surface area contributed by atoms with Crippen molar-refractivity contribution in [3.8, 4) is 0 Å². The zero-order chi connectivity index (χ0) is 17.9. The average molecular weight is 342 g/mol. The second-order valence-corrected chi connectivity index (χ2v) is 4.70. The number of alkyl halides is 3. The van der Waals surface area contributed by atoms with E-state index in [1.54, 1.807) is 6.92 Å². The van der Waals surface area contributed by atoms with Crippen LogP contribution in [0.1, 0.15) is 39.0 Å². The Hall–Kier alpha value is -2.91. The summed E-state index contributed by atoms with van der Waals surface area (Å²) in [6, 6.07) is 1.92. The molecule has 0 saturated carbocycles. The van der Waals surface area contributed by atoms with Crippen LogP contribution in [-0.4, -0.2) is 33.7 Å². The van der Waals surface area contributed by atoms with Crippen LogP contribution in [-0.2, 0) is 10.9 Å². The number of H-pyrrole nitrogens is 1. The Morgan fingerprint density at radius 1 is 1.33 bits per heavy atom. The van der Waals surface area contributed by atoms with Crippen LogP contribution >= 0.6 is 0 Å². The van der Waals surface area contributed by atoms with Crippen LogP contribution in [0.5, 0.6) is 0 Å². The summed E-state index contributed by atoms with van der Waals surface area (Å²) in [4.78, 5) is 27.2. The number of ether oxygens (including phenoxy) is 1. The highest BCUT2D eigenvalue weighted by molar-refractivity contribution is 6.05. The smallest absolute Gasteiger partial charge is 0.417 e. The molecule has 0 spiro atoms. The first-order valence-corrected chi connectivity index (χ1v) is 6.80. The van der Waals surface area contributed by atoms with E-state index in [1.165, 1.54) is 13.0 Å². The molecule has 0 bridgehead atoms. The maximum Gasteiger partial charge on any atom is 0.417 e. The van der Waals surface area contributed by atoms with Gasteiger partial charge in [-0.25, -0.2) is 4.79 Å². The highest BCUT2D eigenvalue weighted by Gasteiger charge is 2.32. The molecular weight excluding hydrogens is 329 g/mol. The van der Waals surface area contributed by atoms with Gasteiger partial charge in [0.2, 0.25) is 0 Å². The molecule has 2 N–H and O–H groups in total. The van der Waals surface area contributed by atoms with E-state index < -0.39 is 23.6 Å². The number of anilines is 1. The van der Waals surface area contributed by atoms with E-state index in [0.717, 1.165) is 0 Å². The van der Waals surface area contributed by atoms with Crippen LogP contribution in [0.3, 0.4) is 0 Å². The van der Waals surface area contributed by atoms with Gasteiger partial charge >= 0.3 is 12.1 Å². The van der Waals surface area contributed by atoms with Crippen LogP contribution in [0.4, 0.5) is 19.0 Å². The van der Waals surface area contributed by atoms with Gasteiger partial charge in [0.15, 0.2) is 5.82 Å². The van der Waals surface area contributed by atoms with Crippen LogP contribution in [0.15, 0.2) is 18.3 Å². The van der Waals surface area contributed by atoms with Crippen molar-refractivity contribution in [1.29, 1.82) is 0 Å². The Bertz CT molecular complexity index is 771. The first-order valence-electron chi connectivity index (χ1n) is 6.80. The van der Waals surface area contributed by atoms with Crippen LogP contribution < -0.4 is 5.32 Å². The number of halogens is 3. The van der Waals surface area contributed by atoms with Crippen molar-refractivity contribution in [2.45, 2.75) is 20.0 Å². The minimum absolute atomic E-state index is 0.00559. The van der Waals surface area contributed by atoms with Gasteiger partial charge in [-0.1, -0.05) is 0 Å². The van der Waals surface area contributed by atoms with Crippen molar-refractivity contribution in [2.75, 3.05) is 11.9 Å². The van der Waals surface area contributed by atoms with Crippen molar-refractivity contribution < 1.29 is 27.5 Å². The van der Waals surface area contributed by atoms with Gasteiger partial charge in [-0.2, -0.15) is 18.3 Å². The number of amides is 1. The molecule has 2 heterocycles. The predicted octanol–water partition coefficient (Wildman–Crippen LogP) is 2.56. The molecule has 24 heavy (non-hydrogen) atoms. The molecule has 0 saturated heterocycles. The molecule has 1 amide bonds. The zero-order valence-corrected chi connectivity index (χ0v) is 12.7. The van der Waals surface area contributed by atoms with Crippen molar-refractivity contribution in [2.24, 2.45) is 0 Å². The fraction of sp³-hybridized carbons (Fsp3) is 0.286. The molecule has 0 aromatic carbocycles. The number of carbonyl (C=O) groups is 2. The summed E-state index contributed by atoms with van der Waals surface area (Å²) in [5, 5.41) is 8.35. The summed E-state index contributed by atoms with van der Waals surface area (Å²) in [5.74, 6) is -1.52. The summed E-state index contributed by atoms with van der Waals surface area (Å²) in [6.07, 6.45) is -3.96. The number of carbonyl (C=O) groups excluding carboxylic acids is 2. The number of nitrogens with zero attached hydrogens (tertiary/aromatic N) is 2. The number of nitrogens with one attached hydrogen (secondary N) is 2. The fourth-order valence-electron chi connectivity index (χ4n) is 1.80. The third kappa shape index (κ3) is 3.89. The first-order chi connectivity index (χ1) is 11.2. The molecule has 7 nitrogen and oxygen atoms in total. The lowest BCUT2D eigenvalue weighted by atomic mass is 10.1. The van der Waals surface area contributed by atoms with E-state index in [1.807, 2.05) is 0 Å². The van der Waals surface area contributed by atoms with Crippen molar-refractivity contribution in [3.05, 3.63) is 40.8 Å². The number of aryl methyl sites for hydroxylation is 1. The lowest BCUT2D eigenvalue weighted by Gasteiger charge is -2.10. The zero-order valence-electron chi connectivity index (χ0n) is 12.7. The summed E-state index contributed by atoms with van der Waals surface area (Å²) in [5.41, 5.74) is -1.15. The fourth-order valence-corrected chi connectivity index (χ4v) is 1.80. The largest absolute Gasteiger partial charge is 0.461 e. The molecular formula is C14H13F3N4O3. The molecule has 128 valence electrons. The SMILES string of the molecule is CCOC(=O)c1cc(NC(=O)c2cc(C(F)(F)F)cnc2C)n[nH]1. The molecule has 0 unspecified atom stereocenters. The first kappa shape index (κ1) is 17.4. The normalized spacial score (nSPS) is 11.2. The van der Waals surface area contributed by atoms with Crippen LogP contribution in [0.2, 0.25) is 0 Å². The lowest BCUT2D eigenvalue weighted by Crippen LogP contribution is -2.16. The van der Waals surface area contributed by atoms with E-state index in [-0.39, 0.29) is 29.4 Å². The highest BCUT2D eigenvalue weighted by atomic mass is 19.4. The van der Waals surface area contributed by atoms with Crippen molar-refractivity contribution in [3.63, 3.8) is 0 Å². The summed E-state index contributed by atoms with van der Waals surface area (Å²) in [6.45, 7) is 3.19. The number of aromatic nitrogens is 3. The minimum atomic E-state index is -4.61. The van der Waals surface area contributed by atoms with E-state index in [4.69, 9.17) is 4.74 Å². The van der Waals surface area contributed by atoms with Crippen molar-refractivity contribution in [1.82, 2.24) is 15.2 Å². The van der Waals surface area contributed by atoms with Gasteiger partial charge in [0.25, 0.3) is 5.91 Å². The number of hydrogen-bond donors (Lipinski definition) is 2. The summed E-state index contributed by atoms with van der Waals surface area (Å²) in [7, 11) is 0. The lowest BCUT2D eigenvalue weighted by molar-refractivity contribution is -0.137. The maximum absolute atomic E-state index is 12.7. The van der Waals surface area contributed by atoms with Gasteiger partial charge in [0.1, 0.15) is 5.69 Å². The number of aromatic amines is 1. The van der Waals surface area contributed by atoms with E-state index in [2.05, 4.69) is 20.5 Å². The molecule has 0 aliphatic rings. The third-order valence-electron chi connectivity index (χ3n) is 2.97. The third-order valence-corrected chi connectivity index (χ3v) is 2.97. The Morgan fingerprint density at radius 3 is 2.67 bits per heavy atom. The molecule has 0 radical (unpaired) electrons. The van der Waals surface area contributed by atoms with E-state index in [0.29, 0.717) is 12.3 Å². The van der Waals surface area contributed by atoms with Gasteiger partial charge < -0.3 is 10.1 Å². The average Bonchev–Trinajstić information content (AvgIpc) is 2.95. The van der Waals surface area contributed by atoms with Crippen LogP contribution in [0, 0.1) is 6.92 Å². The standard InChI is InChI=1S/C14H13F3N4O3/c1-3-24-13(23)10-5-11(21-20-10)19-12(22)9-4-8(14(15,16)17)6-18-7(9)2/h4-6H,3H2,1-2H3,(H2,19,20,21,22). The Balaban J connectivity index is 2.20. The van der Waals surface area contributed by atoms with E-state index >= 15 is 0 Å². The Labute approximate surface area is 134 Å². The van der Waals surface area contributed by atoms with Gasteiger partial charge in [-0.3, -0.25) is 14.9 Å². The molecule has 2 aromatic rings.